The minimum atomic E-state index is -3.91. The largest absolute Gasteiger partial charge is 0.384 e. The molecule has 33 heavy (non-hydrogen) atoms. The van der Waals surface area contributed by atoms with Crippen molar-refractivity contribution in [3.8, 4) is 11.4 Å². The SMILES string of the molecule is Cc1cc(N)nc(C)c1CNC(=O)c1ccn(S(=O)(=O)c2cccc(-c3ncccn3)c2)c1. The van der Waals surface area contributed by atoms with Crippen LogP contribution in [0.5, 0.6) is 0 Å². The number of nitrogens with one attached hydrogen (secondary N) is 1. The molecular weight excluding hydrogens is 440 g/mol. The molecule has 9 nitrogen and oxygen atoms in total. The predicted octanol–water partition coefficient (Wildman–Crippen LogP) is 2.71. The second-order valence-corrected chi connectivity index (χ2v) is 9.29. The summed E-state index contributed by atoms with van der Waals surface area (Å²) in [5, 5.41) is 2.81. The van der Waals surface area contributed by atoms with Crippen LogP contribution in [0.4, 0.5) is 5.82 Å². The highest BCUT2D eigenvalue weighted by atomic mass is 32.2. The summed E-state index contributed by atoms with van der Waals surface area (Å²) in [5.41, 5.74) is 9.06. The Morgan fingerprint density at radius 2 is 1.85 bits per heavy atom. The van der Waals surface area contributed by atoms with Gasteiger partial charge in [-0.05, 0) is 55.3 Å². The van der Waals surface area contributed by atoms with Crippen LogP contribution in [0.15, 0.2) is 72.1 Å². The Kier molecular flexibility index (Phi) is 5.93. The van der Waals surface area contributed by atoms with Crippen molar-refractivity contribution in [2.24, 2.45) is 0 Å². The van der Waals surface area contributed by atoms with Gasteiger partial charge in [0.1, 0.15) is 5.82 Å². The Morgan fingerprint density at radius 1 is 1.09 bits per heavy atom. The van der Waals surface area contributed by atoms with Crippen LogP contribution in [-0.4, -0.2) is 33.2 Å². The summed E-state index contributed by atoms with van der Waals surface area (Å²) in [4.78, 5) is 25.2. The van der Waals surface area contributed by atoms with E-state index in [1.54, 1.807) is 36.7 Å². The van der Waals surface area contributed by atoms with Crippen LogP contribution >= 0.6 is 0 Å². The third-order valence-corrected chi connectivity index (χ3v) is 6.79. The number of aryl methyl sites for hydroxylation is 2. The van der Waals surface area contributed by atoms with Gasteiger partial charge in [-0.15, -0.1) is 0 Å². The molecule has 0 aliphatic carbocycles. The zero-order valence-electron chi connectivity index (χ0n) is 18.1. The first-order valence-electron chi connectivity index (χ1n) is 10.1. The molecule has 3 N–H and O–H groups in total. The summed E-state index contributed by atoms with van der Waals surface area (Å²) in [5.74, 6) is 0.445. The molecule has 3 heterocycles. The van der Waals surface area contributed by atoms with Gasteiger partial charge in [0.2, 0.25) is 0 Å². The molecule has 1 aromatic carbocycles. The summed E-state index contributed by atoms with van der Waals surface area (Å²) in [6.45, 7) is 3.97. The van der Waals surface area contributed by atoms with Crippen molar-refractivity contribution < 1.29 is 13.2 Å². The summed E-state index contributed by atoms with van der Waals surface area (Å²) in [6, 6.07) is 11.2. The third kappa shape index (κ3) is 4.60. The fourth-order valence-corrected chi connectivity index (χ4v) is 4.70. The number of hydrogen-bond acceptors (Lipinski definition) is 7. The summed E-state index contributed by atoms with van der Waals surface area (Å²) >= 11 is 0. The first-order chi connectivity index (χ1) is 15.8. The van der Waals surface area contributed by atoms with E-state index in [1.165, 1.54) is 30.6 Å². The van der Waals surface area contributed by atoms with E-state index in [4.69, 9.17) is 5.73 Å². The molecule has 0 saturated heterocycles. The van der Waals surface area contributed by atoms with Gasteiger partial charge in [-0.2, -0.15) is 0 Å². The average Bonchev–Trinajstić information content (AvgIpc) is 3.30. The predicted molar refractivity (Wildman–Crippen MR) is 124 cm³/mol. The molecule has 0 fully saturated rings. The van der Waals surface area contributed by atoms with E-state index < -0.39 is 15.9 Å². The molecule has 0 atom stereocenters. The van der Waals surface area contributed by atoms with Crippen LogP contribution in [0, 0.1) is 13.8 Å². The lowest BCUT2D eigenvalue weighted by Gasteiger charge is -2.11. The van der Waals surface area contributed by atoms with Crippen molar-refractivity contribution in [3.63, 3.8) is 0 Å². The molecule has 0 aliphatic heterocycles. The lowest BCUT2D eigenvalue weighted by molar-refractivity contribution is 0.0951. The number of amides is 1. The monoisotopic (exact) mass is 462 g/mol. The zero-order chi connectivity index (χ0) is 23.6. The number of anilines is 1. The Hall–Kier alpha value is -4.05. The van der Waals surface area contributed by atoms with E-state index in [9.17, 15) is 13.2 Å². The number of pyridine rings is 1. The molecule has 0 saturated carbocycles. The number of hydrogen-bond donors (Lipinski definition) is 2. The minimum absolute atomic E-state index is 0.0641. The summed E-state index contributed by atoms with van der Waals surface area (Å²) < 4.78 is 27.3. The third-order valence-electron chi connectivity index (χ3n) is 5.16. The van der Waals surface area contributed by atoms with Crippen LogP contribution in [-0.2, 0) is 16.6 Å². The number of nitrogens with two attached hydrogens (primary N) is 1. The topological polar surface area (TPSA) is 133 Å². The summed E-state index contributed by atoms with van der Waals surface area (Å²) in [6.07, 6.45) is 5.81. The average molecular weight is 463 g/mol. The van der Waals surface area contributed by atoms with Crippen LogP contribution in [0.3, 0.4) is 0 Å². The molecular formula is C23H22N6O3S. The molecule has 4 rings (SSSR count). The van der Waals surface area contributed by atoms with Crippen LogP contribution < -0.4 is 11.1 Å². The van der Waals surface area contributed by atoms with E-state index in [2.05, 4.69) is 20.3 Å². The fraction of sp³-hybridized carbons (Fsp3) is 0.130. The fourth-order valence-electron chi connectivity index (χ4n) is 3.45. The van der Waals surface area contributed by atoms with Gasteiger partial charge in [0.15, 0.2) is 5.82 Å². The lowest BCUT2D eigenvalue weighted by atomic mass is 10.1. The number of carbonyl (C=O) groups excluding carboxylic acids is 1. The normalized spacial score (nSPS) is 11.3. The molecule has 3 aromatic heterocycles. The van der Waals surface area contributed by atoms with Gasteiger partial charge in [-0.3, -0.25) is 4.79 Å². The van der Waals surface area contributed by atoms with E-state index >= 15 is 0 Å². The number of rotatable bonds is 6. The first-order valence-corrected chi connectivity index (χ1v) is 11.5. The lowest BCUT2D eigenvalue weighted by Crippen LogP contribution is -2.24. The van der Waals surface area contributed by atoms with Gasteiger partial charge in [0, 0.05) is 42.6 Å². The maximum Gasteiger partial charge on any atom is 0.267 e. The van der Waals surface area contributed by atoms with Crippen molar-refractivity contribution in [1.29, 1.82) is 0 Å². The Labute approximate surface area is 191 Å². The van der Waals surface area contributed by atoms with Gasteiger partial charge in [0.25, 0.3) is 15.9 Å². The second-order valence-electron chi connectivity index (χ2n) is 7.45. The maximum atomic E-state index is 13.1. The highest BCUT2D eigenvalue weighted by Gasteiger charge is 2.20. The number of carbonyl (C=O) groups is 1. The number of nitrogen functional groups attached to an aromatic ring is 1. The van der Waals surface area contributed by atoms with Crippen molar-refractivity contribution in [1.82, 2.24) is 24.2 Å². The quantitative estimate of drug-likeness (QED) is 0.450. The molecule has 1 amide bonds. The molecule has 0 bridgehead atoms. The number of aromatic nitrogens is 4. The van der Waals surface area contributed by atoms with Crippen molar-refractivity contribution in [2.45, 2.75) is 25.3 Å². The Morgan fingerprint density at radius 3 is 2.58 bits per heavy atom. The standard InChI is InChI=1S/C23H22N6O3S/c1-15-11-21(24)28-16(2)20(15)13-27-23(30)18-7-10-29(14-18)33(31,32)19-6-3-5-17(12-19)22-25-8-4-9-26-22/h3-12,14H,13H2,1-2H3,(H2,24,28)(H,27,30). The van der Waals surface area contributed by atoms with Crippen molar-refractivity contribution in [3.05, 3.63) is 89.6 Å². The molecule has 0 radical (unpaired) electrons. The smallest absolute Gasteiger partial charge is 0.267 e. The van der Waals surface area contributed by atoms with Gasteiger partial charge in [0.05, 0.1) is 10.5 Å². The molecule has 168 valence electrons. The second kappa shape index (κ2) is 8.83. The molecule has 0 unspecified atom stereocenters. The van der Waals surface area contributed by atoms with E-state index in [0.29, 0.717) is 17.2 Å². The molecule has 0 spiro atoms. The maximum absolute atomic E-state index is 13.1. The number of benzene rings is 1. The minimum Gasteiger partial charge on any atom is -0.384 e. The molecule has 10 heteroatoms. The van der Waals surface area contributed by atoms with E-state index in [0.717, 1.165) is 20.8 Å². The Balaban J connectivity index is 1.54. The first kappa shape index (κ1) is 22.2. The van der Waals surface area contributed by atoms with E-state index in [-0.39, 0.29) is 17.0 Å². The van der Waals surface area contributed by atoms with Crippen LogP contribution in [0.1, 0.15) is 27.2 Å². The van der Waals surface area contributed by atoms with Crippen molar-refractivity contribution in [2.75, 3.05) is 5.73 Å². The highest BCUT2D eigenvalue weighted by Crippen LogP contribution is 2.21. The van der Waals surface area contributed by atoms with Crippen LogP contribution in [0.2, 0.25) is 0 Å². The Bertz CT molecular complexity index is 1410. The van der Waals surface area contributed by atoms with Gasteiger partial charge in [-0.1, -0.05) is 12.1 Å². The van der Waals surface area contributed by atoms with Crippen molar-refractivity contribution >= 4 is 21.7 Å². The van der Waals surface area contributed by atoms with Crippen LogP contribution in [0.25, 0.3) is 11.4 Å². The molecule has 0 aliphatic rings. The molecule has 4 aromatic rings. The summed E-state index contributed by atoms with van der Waals surface area (Å²) in [7, 11) is -3.91. The highest BCUT2D eigenvalue weighted by molar-refractivity contribution is 7.90. The van der Waals surface area contributed by atoms with Gasteiger partial charge >= 0.3 is 0 Å². The zero-order valence-corrected chi connectivity index (χ0v) is 18.9. The van der Waals surface area contributed by atoms with Gasteiger partial charge in [-0.25, -0.2) is 27.3 Å². The number of nitrogens with zero attached hydrogens (tertiary/aromatic N) is 4. The van der Waals surface area contributed by atoms with E-state index in [1.807, 2.05) is 13.8 Å². The van der Waals surface area contributed by atoms with Gasteiger partial charge < -0.3 is 11.1 Å².